The first-order chi connectivity index (χ1) is 12.5. The van der Waals surface area contributed by atoms with E-state index in [0.29, 0.717) is 29.2 Å². The van der Waals surface area contributed by atoms with Gasteiger partial charge in [-0.1, -0.05) is 35.0 Å². The van der Waals surface area contributed by atoms with E-state index in [2.05, 4.69) is 26.6 Å². The fourth-order valence-corrected chi connectivity index (χ4v) is 2.71. The Bertz CT molecular complexity index is 792. The largest absolute Gasteiger partial charge is 0.493 e. The average Bonchev–Trinajstić information content (AvgIpc) is 2.63. The lowest BCUT2D eigenvalue weighted by molar-refractivity contribution is 0.0940. The van der Waals surface area contributed by atoms with E-state index < -0.39 is 0 Å². The number of para-hydroxylation sites is 1. The SMILES string of the molecule is CCOc1ccc(Br)cc1C(=O)Nc1ccccc1C(=O)NC(C)CC. The molecule has 2 rings (SSSR count). The van der Waals surface area contributed by atoms with Gasteiger partial charge in [-0.25, -0.2) is 0 Å². The molecule has 26 heavy (non-hydrogen) atoms. The summed E-state index contributed by atoms with van der Waals surface area (Å²) >= 11 is 3.37. The minimum Gasteiger partial charge on any atom is -0.493 e. The summed E-state index contributed by atoms with van der Waals surface area (Å²) < 4.78 is 6.31. The van der Waals surface area contributed by atoms with E-state index in [9.17, 15) is 9.59 Å². The molecule has 0 aromatic heterocycles. The maximum absolute atomic E-state index is 12.8. The summed E-state index contributed by atoms with van der Waals surface area (Å²) in [6.45, 7) is 6.25. The maximum atomic E-state index is 12.8. The topological polar surface area (TPSA) is 67.4 Å². The third kappa shape index (κ3) is 5.08. The maximum Gasteiger partial charge on any atom is 0.259 e. The fraction of sp³-hybridized carbons (Fsp3) is 0.300. The van der Waals surface area contributed by atoms with Crippen LogP contribution in [-0.2, 0) is 0 Å². The Morgan fingerprint density at radius 1 is 1.08 bits per heavy atom. The molecule has 2 amide bonds. The van der Waals surface area contributed by atoms with Crippen LogP contribution < -0.4 is 15.4 Å². The van der Waals surface area contributed by atoms with E-state index in [-0.39, 0.29) is 17.9 Å². The molecule has 1 unspecified atom stereocenters. The first kappa shape index (κ1) is 20.0. The van der Waals surface area contributed by atoms with E-state index in [1.54, 1.807) is 36.4 Å². The van der Waals surface area contributed by atoms with Crippen LogP contribution in [0.3, 0.4) is 0 Å². The van der Waals surface area contributed by atoms with Crippen molar-refractivity contribution in [1.82, 2.24) is 5.32 Å². The van der Waals surface area contributed by atoms with Gasteiger partial charge < -0.3 is 15.4 Å². The van der Waals surface area contributed by atoms with Crippen LogP contribution in [0.4, 0.5) is 5.69 Å². The third-order valence-corrected chi connectivity index (χ3v) is 4.39. The van der Waals surface area contributed by atoms with Crippen LogP contribution in [0.1, 0.15) is 47.9 Å². The molecule has 5 nitrogen and oxygen atoms in total. The molecule has 0 bridgehead atoms. The number of nitrogens with one attached hydrogen (secondary N) is 2. The highest BCUT2D eigenvalue weighted by atomic mass is 79.9. The van der Waals surface area contributed by atoms with Gasteiger partial charge in [-0.2, -0.15) is 0 Å². The molecule has 0 saturated carbocycles. The van der Waals surface area contributed by atoms with E-state index in [4.69, 9.17) is 4.74 Å². The molecular formula is C20H23BrN2O3. The highest BCUT2D eigenvalue weighted by Gasteiger charge is 2.18. The highest BCUT2D eigenvalue weighted by Crippen LogP contribution is 2.25. The number of amides is 2. The number of rotatable bonds is 7. The van der Waals surface area contributed by atoms with Gasteiger partial charge in [0.05, 0.1) is 23.4 Å². The quantitative estimate of drug-likeness (QED) is 0.688. The Morgan fingerprint density at radius 3 is 2.50 bits per heavy atom. The molecule has 0 aliphatic rings. The summed E-state index contributed by atoms with van der Waals surface area (Å²) in [7, 11) is 0. The first-order valence-electron chi connectivity index (χ1n) is 8.59. The lowest BCUT2D eigenvalue weighted by atomic mass is 10.1. The van der Waals surface area contributed by atoms with Gasteiger partial charge in [0.2, 0.25) is 0 Å². The van der Waals surface area contributed by atoms with Gasteiger partial charge in [-0.15, -0.1) is 0 Å². The number of hydrogen-bond donors (Lipinski definition) is 2. The third-order valence-electron chi connectivity index (χ3n) is 3.90. The fourth-order valence-electron chi connectivity index (χ4n) is 2.34. The molecule has 1 atom stereocenters. The molecule has 2 aromatic carbocycles. The monoisotopic (exact) mass is 418 g/mol. The van der Waals surface area contributed by atoms with Crippen LogP contribution in [0.25, 0.3) is 0 Å². The van der Waals surface area contributed by atoms with E-state index >= 15 is 0 Å². The molecule has 6 heteroatoms. The number of carbonyl (C=O) groups is 2. The van der Waals surface area contributed by atoms with Crippen molar-refractivity contribution in [3.8, 4) is 5.75 Å². The van der Waals surface area contributed by atoms with E-state index in [1.165, 1.54) is 0 Å². The summed E-state index contributed by atoms with van der Waals surface area (Å²) in [4.78, 5) is 25.3. The van der Waals surface area contributed by atoms with Crippen molar-refractivity contribution in [2.24, 2.45) is 0 Å². The predicted octanol–water partition coefficient (Wildman–Crippen LogP) is 4.63. The molecule has 0 heterocycles. The molecule has 0 radical (unpaired) electrons. The Kier molecular flexibility index (Phi) is 7.21. The van der Waals surface area contributed by atoms with E-state index in [0.717, 1.165) is 10.9 Å². The predicted molar refractivity (Wildman–Crippen MR) is 107 cm³/mol. The van der Waals surface area contributed by atoms with Gasteiger partial charge in [0.15, 0.2) is 0 Å². The zero-order valence-electron chi connectivity index (χ0n) is 15.1. The highest BCUT2D eigenvalue weighted by molar-refractivity contribution is 9.10. The van der Waals surface area contributed by atoms with Crippen molar-refractivity contribution in [2.45, 2.75) is 33.2 Å². The first-order valence-corrected chi connectivity index (χ1v) is 9.39. The van der Waals surface area contributed by atoms with Gasteiger partial charge in [0, 0.05) is 10.5 Å². The summed E-state index contributed by atoms with van der Waals surface area (Å²) in [6.07, 6.45) is 0.829. The minimum atomic E-state index is -0.335. The lowest BCUT2D eigenvalue weighted by Crippen LogP contribution is -2.32. The number of halogens is 1. The Labute approximate surface area is 162 Å². The van der Waals surface area contributed by atoms with Gasteiger partial charge in [-0.05, 0) is 50.6 Å². The van der Waals surface area contributed by atoms with Gasteiger partial charge in [0.25, 0.3) is 11.8 Å². The number of benzene rings is 2. The zero-order valence-corrected chi connectivity index (χ0v) is 16.7. The Hall–Kier alpha value is -2.34. The number of hydrogen-bond acceptors (Lipinski definition) is 3. The van der Waals surface area contributed by atoms with Crippen molar-refractivity contribution in [3.05, 3.63) is 58.1 Å². The standard InChI is InChI=1S/C20H23BrN2O3/c1-4-13(3)22-19(24)15-8-6-7-9-17(15)23-20(25)16-12-14(21)10-11-18(16)26-5-2/h6-13H,4-5H2,1-3H3,(H,22,24)(H,23,25). The summed E-state index contributed by atoms with van der Waals surface area (Å²) in [5, 5.41) is 5.74. The van der Waals surface area contributed by atoms with Gasteiger partial charge in [-0.3, -0.25) is 9.59 Å². The summed E-state index contributed by atoms with van der Waals surface area (Å²) in [6, 6.07) is 12.3. The van der Waals surface area contributed by atoms with Crippen LogP contribution in [0, 0.1) is 0 Å². The second-order valence-corrected chi connectivity index (χ2v) is 6.77. The molecule has 0 aliphatic carbocycles. The van der Waals surface area contributed by atoms with Crippen LogP contribution in [0.2, 0.25) is 0 Å². The zero-order chi connectivity index (χ0) is 19.1. The van der Waals surface area contributed by atoms with Crippen molar-refractivity contribution >= 4 is 33.4 Å². The normalized spacial score (nSPS) is 11.5. The Morgan fingerprint density at radius 2 is 1.81 bits per heavy atom. The number of carbonyl (C=O) groups excluding carboxylic acids is 2. The minimum absolute atomic E-state index is 0.0564. The van der Waals surface area contributed by atoms with Crippen LogP contribution >= 0.6 is 15.9 Å². The summed E-state index contributed by atoms with van der Waals surface area (Å²) in [5.74, 6) is -0.0530. The van der Waals surface area contributed by atoms with Crippen molar-refractivity contribution < 1.29 is 14.3 Å². The number of ether oxygens (including phenoxy) is 1. The summed E-state index contributed by atoms with van der Waals surface area (Å²) in [5.41, 5.74) is 1.29. The van der Waals surface area contributed by atoms with Gasteiger partial charge >= 0.3 is 0 Å². The van der Waals surface area contributed by atoms with Crippen molar-refractivity contribution in [1.29, 1.82) is 0 Å². The number of anilines is 1. The van der Waals surface area contributed by atoms with E-state index in [1.807, 2.05) is 26.8 Å². The molecule has 2 aromatic rings. The molecule has 0 saturated heterocycles. The Balaban J connectivity index is 2.28. The van der Waals surface area contributed by atoms with Crippen molar-refractivity contribution in [2.75, 3.05) is 11.9 Å². The van der Waals surface area contributed by atoms with Gasteiger partial charge in [0.1, 0.15) is 5.75 Å². The van der Waals surface area contributed by atoms with Crippen LogP contribution in [0.15, 0.2) is 46.9 Å². The molecule has 0 aliphatic heterocycles. The van der Waals surface area contributed by atoms with Crippen LogP contribution in [0.5, 0.6) is 5.75 Å². The average molecular weight is 419 g/mol. The molecule has 0 fully saturated rings. The second kappa shape index (κ2) is 9.38. The van der Waals surface area contributed by atoms with Crippen molar-refractivity contribution in [3.63, 3.8) is 0 Å². The smallest absolute Gasteiger partial charge is 0.259 e. The molecule has 138 valence electrons. The molecule has 2 N–H and O–H groups in total. The van der Waals surface area contributed by atoms with Crippen LogP contribution in [-0.4, -0.2) is 24.5 Å². The molecular weight excluding hydrogens is 396 g/mol. The lowest BCUT2D eigenvalue weighted by Gasteiger charge is -2.15. The second-order valence-electron chi connectivity index (χ2n) is 5.86. The molecule has 0 spiro atoms.